The highest BCUT2D eigenvalue weighted by Gasteiger charge is 2.27. The van der Waals surface area contributed by atoms with Crippen LogP contribution in [0, 0.1) is 15.9 Å². The third kappa shape index (κ3) is 3.97. The van der Waals surface area contributed by atoms with E-state index >= 15 is 0 Å². The van der Waals surface area contributed by atoms with E-state index in [0.717, 1.165) is 17.7 Å². The van der Waals surface area contributed by atoms with Gasteiger partial charge < -0.3 is 10.0 Å². The zero-order valence-electron chi connectivity index (χ0n) is 13.4. The summed E-state index contributed by atoms with van der Waals surface area (Å²) in [5.41, 5.74) is 0.729. The van der Waals surface area contributed by atoms with Crippen molar-refractivity contribution >= 4 is 11.4 Å². The standard InChI is InChI=1S/C18H19FN2O3/c1-3-7-17(22)15-10-14(19)11-16(18(15)21(23)24)20(2)12-13-8-5-4-6-9-13/h3-6,8-11,17,22H,1,7,12H2,2H3. The monoisotopic (exact) mass is 330 g/mol. The molecule has 126 valence electrons. The van der Waals surface area contributed by atoms with Crippen LogP contribution in [-0.4, -0.2) is 17.1 Å². The largest absolute Gasteiger partial charge is 0.388 e. The predicted molar refractivity (Wildman–Crippen MR) is 91.4 cm³/mol. The quantitative estimate of drug-likeness (QED) is 0.474. The minimum absolute atomic E-state index is 0.0465. The van der Waals surface area contributed by atoms with E-state index < -0.39 is 16.8 Å². The summed E-state index contributed by atoms with van der Waals surface area (Å²) in [4.78, 5) is 12.6. The van der Waals surface area contributed by atoms with Crippen LogP contribution < -0.4 is 4.90 Å². The Hall–Kier alpha value is -2.73. The number of rotatable bonds is 7. The van der Waals surface area contributed by atoms with Gasteiger partial charge in [0.25, 0.3) is 5.69 Å². The molecule has 0 aliphatic heterocycles. The van der Waals surface area contributed by atoms with Crippen molar-refractivity contribution in [1.82, 2.24) is 0 Å². The number of halogens is 1. The molecule has 0 spiro atoms. The minimum Gasteiger partial charge on any atom is -0.388 e. The number of hydrogen-bond donors (Lipinski definition) is 1. The number of hydrogen-bond acceptors (Lipinski definition) is 4. The number of aliphatic hydroxyl groups excluding tert-OH is 1. The van der Waals surface area contributed by atoms with Crippen molar-refractivity contribution in [2.24, 2.45) is 0 Å². The van der Waals surface area contributed by atoms with Crippen LogP contribution in [0.4, 0.5) is 15.8 Å². The van der Waals surface area contributed by atoms with E-state index in [9.17, 15) is 19.6 Å². The first-order valence-electron chi connectivity index (χ1n) is 7.46. The van der Waals surface area contributed by atoms with Gasteiger partial charge in [0.1, 0.15) is 11.5 Å². The molecule has 2 aromatic carbocycles. The van der Waals surface area contributed by atoms with E-state index in [1.54, 1.807) is 11.9 Å². The van der Waals surface area contributed by atoms with Crippen molar-refractivity contribution < 1.29 is 14.4 Å². The molecule has 0 aliphatic rings. The zero-order chi connectivity index (χ0) is 17.7. The number of anilines is 1. The minimum atomic E-state index is -1.18. The summed E-state index contributed by atoms with van der Waals surface area (Å²) in [7, 11) is 1.65. The molecule has 2 aromatic rings. The highest BCUT2D eigenvalue weighted by molar-refractivity contribution is 5.67. The van der Waals surface area contributed by atoms with Gasteiger partial charge in [-0.05, 0) is 18.1 Å². The molecule has 1 N–H and O–H groups in total. The first-order chi connectivity index (χ1) is 11.4. The molecule has 0 aromatic heterocycles. The van der Waals surface area contributed by atoms with Crippen LogP contribution in [0.15, 0.2) is 55.1 Å². The highest BCUT2D eigenvalue weighted by Crippen LogP contribution is 2.37. The van der Waals surface area contributed by atoms with Crippen LogP contribution in [0.3, 0.4) is 0 Å². The summed E-state index contributed by atoms with van der Waals surface area (Å²) >= 11 is 0. The molecule has 1 unspecified atom stereocenters. The molecule has 0 saturated carbocycles. The Bertz CT molecular complexity index is 735. The maximum Gasteiger partial charge on any atom is 0.298 e. The molecule has 0 radical (unpaired) electrons. The van der Waals surface area contributed by atoms with E-state index in [2.05, 4.69) is 6.58 Å². The normalized spacial score (nSPS) is 11.8. The Morgan fingerprint density at radius 3 is 2.62 bits per heavy atom. The summed E-state index contributed by atoms with van der Waals surface area (Å²) in [6, 6.07) is 11.5. The third-order valence-electron chi connectivity index (χ3n) is 3.69. The summed E-state index contributed by atoms with van der Waals surface area (Å²) in [5.74, 6) is -0.631. The second-order valence-corrected chi connectivity index (χ2v) is 5.50. The number of aliphatic hydroxyl groups is 1. The smallest absolute Gasteiger partial charge is 0.298 e. The SMILES string of the molecule is C=CCC(O)c1cc(F)cc(N(C)Cc2ccccc2)c1[N+](=O)[O-]. The lowest BCUT2D eigenvalue weighted by Crippen LogP contribution is -2.19. The fourth-order valence-electron chi connectivity index (χ4n) is 2.58. The van der Waals surface area contributed by atoms with Gasteiger partial charge in [0.2, 0.25) is 0 Å². The van der Waals surface area contributed by atoms with Crippen LogP contribution in [0.25, 0.3) is 0 Å². The van der Waals surface area contributed by atoms with Gasteiger partial charge in [-0.15, -0.1) is 6.58 Å². The van der Waals surface area contributed by atoms with Crippen LogP contribution in [0.2, 0.25) is 0 Å². The van der Waals surface area contributed by atoms with Gasteiger partial charge in [-0.25, -0.2) is 4.39 Å². The highest BCUT2D eigenvalue weighted by atomic mass is 19.1. The van der Waals surface area contributed by atoms with E-state index in [0.29, 0.717) is 6.54 Å². The van der Waals surface area contributed by atoms with Crippen molar-refractivity contribution in [1.29, 1.82) is 0 Å². The fraction of sp³-hybridized carbons (Fsp3) is 0.222. The molecule has 0 fully saturated rings. The number of nitro groups is 1. The van der Waals surface area contributed by atoms with Crippen LogP contribution in [-0.2, 0) is 6.54 Å². The molecule has 0 aliphatic carbocycles. The maximum atomic E-state index is 14.0. The van der Waals surface area contributed by atoms with Gasteiger partial charge in [-0.1, -0.05) is 36.4 Å². The van der Waals surface area contributed by atoms with Gasteiger partial charge in [-0.3, -0.25) is 10.1 Å². The number of nitrogens with zero attached hydrogens (tertiary/aromatic N) is 2. The molecular weight excluding hydrogens is 311 g/mol. The molecule has 5 nitrogen and oxygen atoms in total. The Kier molecular flexibility index (Phi) is 5.65. The Morgan fingerprint density at radius 2 is 2.04 bits per heavy atom. The molecule has 0 heterocycles. The average Bonchev–Trinajstić information content (AvgIpc) is 2.54. The van der Waals surface area contributed by atoms with Crippen LogP contribution in [0.1, 0.15) is 23.7 Å². The molecule has 6 heteroatoms. The number of nitro benzene ring substituents is 1. The second kappa shape index (κ2) is 7.70. The third-order valence-corrected chi connectivity index (χ3v) is 3.69. The summed E-state index contributed by atoms with van der Waals surface area (Å²) in [6.07, 6.45) is 0.362. The van der Waals surface area contributed by atoms with Gasteiger partial charge in [0.15, 0.2) is 0 Å². The predicted octanol–water partition coefficient (Wildman–Crippen LogP) is 3.98. The van der Waals surface area contributed by atoms with Crippen molar-refractivity contribution in [3.8, 4) is 0 Å². The zero-order valence-corrected chi connectivity index (χ0v) is 13.4. The molecule has 2 rings (SSSR count). The van der Waals surface area contributed by atoms with Crippen molar-refractivity contribution in [3.05, 3.63) is 82.2 Å². The number of benzene rings is 2. The first-order valence-corrected chi connectivity index (χ1v) is 7.46. The summed E-state index contributed by atoms with van der Waals surface area (Å²) < 4.78 is 14.0. The van der Waals surface area contributed by atoms with E-state index in [1.807, 2.05) is 30.3 Å². The fourth-order valence-corrected chi connectivity index (χ4v) is 2.58. The van der Waals surface area contributed by atoms with E-state index in [4.69, 9.17) is 0 Å². The van der Waals surface area contributed by atoms with Gasteiger partial charge in [0, 0.05) is 19.7 Å². The Balaban J connectivity index is 2.47. The topological polar surface area (TPSA) is 66.6 Å². The molecular formula is C18H19FN2O3. The lowest BCUT2D eigenvalue weighted by molar-refractivity contribution is -0.385. The summed E-state index contributed by atoms with van der Waals surface area (Å²) in [5, 5.41) is 21.6. The molecule has 24 heavy (non-hydrogen) atoms. The molecule has 1 atom stereocenters. The first kappa shape index (κ1) is 17.6. The maximum absolute atomic E-state index is 14.0. The van der Waals surface area contributed by atoms with Crippen molar-refractivity contribution in [2.45, 2.75) is 19.1 Å². The van der Waals surface area contributed by atoms with Crippen LogP contribution >= 0.6 is 0 Å². The second-order valence-electron chi connectivity index (χ2n) is 5.50. The lowest BCUT2D eigenvalue weighted by atomic mass is 10.0. The van der Waals surface area contributed by atoms with Gasteiger partial charge >= 0.3 is 0 Å². The Morgan fingerprint density at radius 1 is 1.38 bits per heavy atom. The molecule has 0 saturated heterocycles. The summed E-state index contributed by atoms with van der Waals surface area (Å²) in [6.45, 7) is 3.88. The lowest BCUT2D eigenvalue weighted by Gasteiger charge is -2.21. The van der Waals surface area contributed by atoms with Gasteiger partial charge in [0.05, 0.1) is 16.6 Å². The van der Waals surface area contributed by atoms with Crippen molar-refractivity contribution in [2.75, 3.05) is 11.9 Å². The molecule has 0 bridgehead atoms. The average molecular weight is 330 g/mol. The molecule has 0 amide bonds. The van der Waals surface area contributed by atoms with E-state index in [1.165, 1.54) is 6.08 Å². The van der Waals surface area contributed by atoms with Crippen molar-refractivity contribution in [3.63, 3.8) is 0 Å². The van der Waals surface area contributed by atoms with Crippen LogP contribution in [0.5, 0.6) is 0 Å². The van der Waals surface area contributed by atoms with Gasteiger partial charge in [-0.2, -0.15) is 0 Å². The Labute approximate surface area is 139 Å². The van der Waals surface area contributed by atoms with E-state index in [-0.39, 0.29) is 23.4 Å².